The highest BCUT2D eigenvalue weighted by molar-refractivity contribution is 6.42. The second-order valence-electron chi connectivity index (χ2n) is 8.99. The number of carbonyl (C=O) groups excluding carboxylic acids is 1. The van der Waals surface area contributed by atoms with E-state index in [9.17, 15) is 28.3 Å². The van der Waals surface area contributed by atoms with Crippen LogP contribution in [0, 0.1) is 16.9 Å². The lowest BCUT2D eigenvalue weighted by Crippen LogP contribution is -2.52. The number of likely N-dealkylation sites (N-methyl/N-ethyl adjacent to an activating group) is 1. The van der Waals surface area contributed by atoms with Crippen LogP contribution in [-0.2, 0) is 4.79 Å². The number of methoxy groups -OCH3 is 1. The van der Waals surface area contributed by atoms with Crippen molar-refractivity contribution in [1.29, 1.82) is 10.7 Å². The Labute approximate surface area is 249 Å². The number of aliphatic hydroxyl groups is 1. The molecular weight excluding hydrogens is 602 g/mol. The van der Waals surface area contributed by atoms with Crippen molar-refractivity contribution in [2.24, 2.45) is 4.99 Å². The predicted molar refractivity (Wildman–Crippen MR) is 151 cm³/mol. The molecule has 3 rings (SSSR count). The lowest BCUT2D eigenvalue weighted by atomic mass is 10.0. The zero-order chi connectivity index (χ0) is 31.0. The van der Waals surface area contributed by atoms with E-state index in [4.69, 9.17) is 33.3 Å². The number of anilines is 1. The van der Waals surface area contributed by atoms with Crippen LogP contribution in [0.4, 0.5) is 18.9 Å². The van der Waals surface area contributed by atoms with Gasteiger partial charge in [0, 0.05) is 19.2 Å². The SMILES string of the molecule is CCN(C(=O)[C@H]1C[C@@H](O)CN1)C(CN=C(NC#N)Nc1cc(OC(F)(F)F)ccc1OC)C(=N)c1ccc(Cl)c(Cl)c1. The number of alkyl halides is 3. The molecule has 0 radical (unpaired) electrons. The van der Waals surface area contributed by atoms with Crippen LogP contribution in [-0.4, -0.2) is 78.9 Å². The van der Waals surface area contributed by atoms with Gasteiger partial charge >= 0.3 is 6.36 Å². The maximum Gasteiger partial charge on any atom is 0.573 e. The first kappa shape index (κ1) is 32.7. The lowest BCUT2D eigenvalue weighted by molar-refractivity contribution is -0.274. The van der Waals surface area contributed by atoms with E-state index in [2.05, 4.69) is 25.7 Å². The van der Waals surface area contributed by atoms with Gasteiger partial charge in [0.2, 0.25) is 11.9 Å². The van der Waals surface area contributed by atoms with Crippen molar-refractivity contribution in [1.82, 2.24) is 15.5 Å². The number of amides is 1. The molecule has 0 bridgehead atoms. The fraction of sp³-hybridized carbons (Fsp3) is 0.385. The van der Waals surface area contributed by atoms with Gasteiger partial charge in [0.25, 0.3) is 0 Å². The van der Waals surface area contributed by atoms with Crippen LogP contribution in [0.2, 0.25) is 10.0 Å². The van der Waals surface area contributed by atoms with E-state index in [0.29, 0.717) is 5.56 Å². The molecule has 1 heterocycles. The van der Waals surface area contributed by atoms with Gasteiger partial charge < -0.3 is 35.5 Å². The van der Waals surface area contributed by atoms with Crippen molar-refractivity contribution >= 4 is 46.5 Å². The molecule has 1 saturated heterocycles. The van der Waals surface area contributed by atoms with Crippen molar-refractivity contribution in [2.75, 3.05) is 32.1 Å². The standard InChI is InChI=1S/C26H28Cl2F3N7O4/c1-3-38(24(40)20-9-15(39)11-34-20)21(23(33)14-4-6-17(27)18(28)8-14)12-35-25(36-13-32)37-19-10-16(42-26(29,30)31)5-7-22(19)41-2/h4-8,10,15,20-21,33-34,39H,3,9,11-12H2,1-2H3,(H2,35,36,37)/t15-,20-,21?/m1/s1. The summed E-state index contributed by atoms with van der Waals surface area (Å²) in [5.74, 6) is -1.01. The number of hydrogen-bond donors (Lipinski definition) is 5. The third kappa shape index (κ3) is 8.62. The quantitative estimate of drug-likeness (QED) is 0.115. The third-order valence-corrected chi connectivity index (χ3v) is 6.96. The molecule has 1 aliphatic rings. The van der Waals surface area contributed by atoms with E-state index in [1.54, 1.807) is 19.2 Å². The molecule has 5 N–H and O–H groups in total. The number of aliphatic hydroxyl groups excluding tert-OH is 1. The normalized spacial score (nSPS) is 17.6. The Morgan fingerprint density at radius 1 is 1.31 bits per heavy atom. The molecule has 1 unspecified atom stereocenters. The molecule has 2 aromatic carbocycles. The number of ether oxygens (including phenoxy) is 2. The molecule has 0 saturated carbocycles. The first-order valence-corrected chi connectivity index (χ1v) is 13.3. The van der Waals surface area contributed by atoms with Crippen LogP contribution in [0.25, 0.3) is 0 Å². The van der Waals surface area contributed by atoms with E-state index in [1.165, 1.54) is 30.2 Å². The zero-order valence-corrected chi connectivity index (χ0v) is 23.9. The van der Waals surface area contributed by atoms with Crippen molar-refractivity contribution in [3.05, 3.63) is 52.0 Å². The van der Waals surface area contributed by atoms with Gasteiger partial charge in [-0.3, -0.25) is 10.1 Å². The van der Waals surface area contributed by atoms with Gasteiger partial charge in [-0.05, 0) is 43.2 Å². The number of carbonyl (C=O) groups is 1. The maximum absolute atomic E-state index is 13.5. The third-order valence-electron chi connectivity index (χ3n) is 6.22. The largest absolute Gasteiger partial charge is 0.573 e. The summed E-state index contributed by atoms with van der Waals surface area (Å²) in [7, 11) is 1.30. The van der Waals surface area contributed by atoms with Crippen LogP contribution in [0.5, 0.6) is 11.5 Å². The molecule has 11 nitrogen and oxygen atoms in total. The summed E-state index contributed by atoms with van der Waals surface area (Å²) in [5.41, 5.74) is 0.307. The number of aliphatic imine (C=N–C) groups is 1. The van der Waals surface area contributed by atoms with Crippen LogP contribution in [0.1, 0.15) is 18.9 Å². The van der Waals surface area contributed by atoms with Gasteiger partial charge in [-0.25, -0.2) is 4.99 Å². The molecule has 0 aliphatic carbocycles. The molecule has 1 amide bonds. The molecule has 42 heavy (non-hydrogen) atoms. The highest BCUT2D eigenvalue weighted by atomic mass is 35.5. The van der Waals surface area contributed by atoms with E-state index in [-0.39, 0.29) is 65.1 Å². The Hall–Kier alpha value is -3.77. The first-order valence-electron chi connectivity index (χ1n) is 12.5. The average molecular weight is 630 g/mol. The lowest BCUT2D eigenvalue weighted by Gasteiger charge is -2.32. The van der Waals surface area contributed by atoms with Gasteiger partial charge in [0.15, 0.2) is 6.19 Å². The summed E-state index contributed by atoms with van der Waals surface area (Å²) in [6, 6.07) is 6.16. The fourth-order valence-electron chi connectivity index (χ4n) is 4.29. The number of nitrogens with zero attached hydrogens (tertiary/aromatic N) is 3. The van der Waals surface area contributed by atoms with Crippen LogP contribution in [0.3, 0.4) is 0 Å². The number of benzene rings is 2. The van der Waals surface area contributed by atoms with Crippen molar-refractivity contribution < 1.29 is 32.5 Å². The Morgan fingerprint density at radius 2 is 2.05 bits per heavy atom. The monoisotopic (exact) mass is 629 g/mol. The average Bonchev–Trinajstić information content (AvgIpc) is 3.37. The minimum atomic E-state index is -4.94. The van der Waals surface area contributed by atoms with Gasteiger partial charge in [0.1, 0.15) is 11.5 Å². The predicted octanol–water partition coefficient (Wildman–Crippen LogP) is 3.75. The van der Waals surface area contributed by atoms with Crippen LogP contribution >= 0.6 is 23.2 Å². The summed E-state index contributed by atoms with van der Waals surface area (Å²) < 4.78 is 47.5. The van der Waals surface area contributed by atoms with Gasteiger partial charge in [0.05, 0.1) is 53.3 Å². The Balaban J connectivity index is 1.98. The van der Waals surface area contributed by atoms with E-state index < -0.39 is 30.3 Å². The Morgan fingerprint density at radius 3 is 2.62 bits per heavy atom. The van der Waals surface area contributed by atoms with Crippen molar-refractivity contribution in [2.45, 2.75) is 37.9 Å². The van der Waals surface area contributed by atoms with Gasteiger partial charge in [-0.1, -0.05) is 29.3 Å². The number of nitriles is 1. The highest BCUT2D eigenvalue weighted by Crippen LogP contribution is 2.32. The first-order chi connectivity index (χ1) is 19.9. The summed E-state index contributed by atoms with van der Waals surface area (Å²) in [6.07, 6.45) is -3.76. The molecular formula is C26H28Cl2F3N7O4. The second kappa shape index (κ2) is 14.4. The number of guanidine groups is 1. The minimum Gasteiger partial charge on any atom is -0.495 e. The van der Waals surface area contributed by atoms with E-state index in [0.717, 1.165) is 12.1 Å². The molecule has 0 aromatic heterocycles. The number of β-amino-alcohol motifs (C(OH)–C–C–N with tert-alkyl or cyclic N) is 1. The van der Waals surface area contributed by atoms with Crippen molar-refractivity contribution in [3.8, 4) is 17.7 Å². The number of hydrogen-bond acceptors (Lipinski definition) is 8. The Kier molecular flexibility index (Phi) is 11.2. The van der Waals surface area contributed by atoms with E-state index in [1.807, 2.05) is 0 Å². The van der Waals surface area contributed by atoms with Crippen LogP contribution in [0.15, 0.2) is 41.4 Å². The fourth-order valence-corrected chi connectivity index (χ4v) is 4.59. The van der Waals surface area contributed by atoms with E-state index >= 15 is 0 Å². The van der Waals surface area contributed by atoms with Gasteiger partial charge in [-0.15, -0.1) is 13.2 Å². The molecule has 1 fully saturated rings. The number of halogens is 5. The van der Waals surface area contributed by atoms with Crippen LogP contribution < -0.4 is 25.4 Å². The molecule has 1 aliphatic heterocycles. The van der Waals surface area contributed by atoms with Gasteiger partial charge in [-0.2, -0.15) is 5.26 Å². The molecule has 226 valence electrons. The summed E-state index contributed by atoms with van der Waals surface area (Å²) in [4.78, 5) is 19.2. The summed E-state index contributed by atoms with van der Waals surface area (Å²) >= 11 is 12.2. The smallest absolute Gasteiger partial charge is 0.495 e. The Bertz CT molecular complexity index is 1370. The minimum absolute atomic E-state index is 0.00979. The molecule has 0 spiro atoms. The second-order valence-corrected chi connectivity index (χ2v) is 9.81. The summed E-state index contributed by atoms with van der Waals surface area (Å²) in [6.45, 7) is 1.86. The maximum atomic E-state index is 13.5. The highest BCUT2D eigenvalue weighted by Gasteiger charge is 2.36. The summed E-state index contributed by atoms with van der Waals surface area (Å²) in [5, 5.41) is 36.7. The molecule has 2 aromatic rings. The number of rotatable bonds is 10. The molecule has 3 atom stereocenters. The zero-order valence-electron chi connectivity index (χ0n) is 22.4. The topological polar surface area (TPSA) is 155 Å². The number of nitrogens with one attached hydrogen (secondary N) is 4. The van der Waals surface area contributed by atoms with Crippen molar-refractivity contribution in [3.63, 3.8) is 0 Å². The molecule has 16 heteroatoms.